The fourth-order valence-corrected chi connectivity index (χ4v) is 4.32. The van der Waals surface area contributed by atoms with Gasteiger partial charge in [-0.1, -0.05) is 70.9 Å². The third-order valence-corrected chi connectivity index (χ3v) is 7.03. The highest BCUT2D eigenvalue weighted by Gasteiger charge is 2.40. The van der Waals surface area contributed by atoms with Gasteiger partial charge in [0, 0.05) is 6.54 Å². The average Bonchev–Trinajstić information content (AvgIpc) is 3.34. The fraction of sp³-hybridized carbons (Fsp3) is 0.615. The summed E-state index contributed by atoms with van der Waals surface area (Å²) in [7, 11) is 0. The molecule has 194 valence electrons. The number of carbonyl (C=O) groups is 4. The Hall–Kier alpha value is -2.94. The molecule has 0 radical (unpaired) electrons. The number of carbonyl (C=O) groups excluding carboxylic acids is 3. The molecule has 0 aliphatic carbocycles. The summed E-state index contributed by atoms with van der Waals surface area (Å²) in [5.74, 6) is -2.76. The number of hydrogen-bond donors (Lipinski definition) is 4. The highest BCUT2D eigenvalue weighted by atomic mass is 16.4. The van der Waals surface area contributed by atoms with Gasteiger partial charge < -0.3 is 26.4 Å². The number of nitrogens with two attached hydrogens (primary N) is 1. The zero-order valence-electron chi connectivity index (χ0n) is 21.2. The van der Waals surface area contributed by atoms with Gasteiger partial charge in [0.25, 0.3) is 0 Å². The molecule has 6 atom stereocenters. The zero-order valence-corrected chi connectivity index (χ0v) is 21.2. The van der Waals surface area contributed by atoms with E-state index in [1.807, 2.05) is 51.1 Å². The maximum atomic E-state index is 13.6. The van der Waals surface area contributed by atoms with E-state index < -0.39 is 42.0 Å². The summed E-state index contributed by atoms with van der Waals surface area (Å²) in [6.07, 6.45) is 2.65. The molecule has 0 spiro atoms. The lowest BCUT2D eigenvalue weighted by Crippen LogP contribution is -2.59. The summed E-state index contributed by atoms with van der Waals surface area (Å²) in [6.45, 7) is 7.81. The van der Waals surface area contributed by atoms with E-state index in [-0.39, 0.29) is 17.7 Å². The van der Waals surface area contributed by atoms with Crippen molar-refractivity contribution in [2.24, 2.45) is 17.6 Å². The van der Waals surface area contributed by atoms with Crippen LogP contribution in [0.5, 0.6) is 0 Å². The lowest BCUT2D eigenvalue weighted by molar-refractivity contribution is -0.146. The number of amides is 3. The average molecular weight is 489 g/mol. The third-order valence-electron chi connectivity index (χ3n) is 7.03. The first-order valence-corrected chi connectivity index (χ1v) is 12.5. The SMILES string of the molecule is CCC(C)C(NC(=O)C1CCCN1C(=O)C(NC(=O)C(N)Cc1ccccc1)C(C)CC)C(=O)O. The minimum Gasteiger partial charge on any atom is -0.480 e. The van der Waals surface area contributed by atoms with Crippen LogP contribution in [0.15, 0.2) is 30.3 Å². The van der Waals surface area contributed by atoms with Crippen molar-refractivity contribution in [3.63, 3.8) is 0 Å². The standard InChI is InChI=1S/C26H40N4O5/c1-5-16(3)21(28-23(31)19(27)15-18-11-8-7-9-12-18)25(33)30-14-10-13-20(30)24(32)29-22(26(34)35)17(4)6-2/h7-9,11-12,16-17,19-22H,5-6,10,13-15,27H2,1-4H3,(H,28,31)(H,29,32)(H,34,35). The van der Waals surface area contributed by atoms with Crippen molar-refractivity contribution in [3.05, 3.63) is 35.9 Å². The molecule has 6 unspecified atom stereocenters. The van der Waals surface area contributed by atoms with Crippen LogP contribution < -0.4 is 16.4 Å². The molecule has 9 heteroatoms. The smallest absolute Gasteiger partial charge is 0.326 e. The summed E-state index contributed by atoms with van der Waals surface area (Å²) in [4.78, 5) is 52.6. The van der Waals surface area contributed by atoms with E-state index in [4.69, 9.17) is 5.73 Å². The van der Waals surface area contributed by atoms with E-state index in [0.29, 0.717) is 38.6 Å². The number of likely N-dealkylation sites (tertiary alicyclic amines) is 1. The molecular weight excluding hydrogens is 448 g/mol. The Morgan fingerprint density at radius 1 is 1.03 bits per heavy atom. The second-order valence-corrected chi connectivity index (χ2v) is 9.57. The molecule has 1 heterocycles. The lowest BCUT2D eigenvalue weighted by Gasteiger charge is -2.32. The van der Waals surface area contributed by atoms with Gasteiger partial charge in [-0.3, -0.25) is 14.4 Å². The van der Waals surface area contributed by atoms with Crippen molar-refractivity contribution in [2.45, 2.75) is 84.0 Å². The molecule has 1 fully saturated rings. The monoisotopic (exact) mass is 488 g/mol. The van der Waals surface area contributed by atoms with E-state index in [9.17, 15) is 24.3 Å². The van der Waals surface area contributed by atoms with E-state index >= 15 is 0 Å². The number of rotatable bonds is 12. The molecule has 3 amide bonds. The zero-order chi connectivity index (χ0) is 26.1. The lowest BCUT2D eigenvalue weighted by atomic mass is 9.96. The maximum absolute atomic E-state index is 13.6. The molecule has 1 aromatic carbocycles. The Kier molecular flexibility index (Phi) is 10.7. The first-order chi connectivity index (χ1) is 16.6. The van der Waals surface area contributed by atoms with Crippen molar-refractivity contribution in [3.8, 4) is 0 Å². The van der Waals surface area contributed by atoms with Crippen LogP contribution in [-0.2, 0) is 25.6 Å². The van der Waals surface area contributed by atoms with Gasteiger partial charge in [-0.05, 0) is 36.7 Å². The van der Waals surface area contributed by atoms with Crippen molar-refractivity contribution < 1.29 is 24.3 Å². The van der Waals surface area contributed by atoms with Gasteiger partial charge in [0.15, 0.2) is 0 Å². The minimum atomic E-state index is -1.10. The molecular formula is C26H40N4O5. The number of hydrogen-bond acceptors (Lipinski definition) is 5. The van der Waals surface area contributed by atoms with Crippen LogP contribution in [0.3, 0.4) is 0 Å². The molecule has 0 saturated carbocycles. The molecule has 5 N–H and O–H groups in total. The van der Waals surface area contributed by atoms with Gasteiger partial charge in [0.2, 0.25) is 17.7 Å². The Morgan fingerprint density at radius 3 is 2.20 bits per heavy atom. The van der Waals surface area contributed by atoms with Crippen LogP contribution in [0.25, 0.3) is 0 Å². The molecule has 0 bridgehead atoms. The number of benzene rings is 1. The maximum Gasteiger partial charge on any atom is 0.326 e. The van der Waals surface area contributed by atoms with Gasteiger partial charge in [0.1, 0.15) is 18.1 Å². The van der Waals surface area contributed by atoms with E-state index in [0.717, 1.165) is 5.56 Å². The molecule has 1 aliphatic heterocycles. The van der Waals surface area contributed by atoms with Crippen LogP contribution in [0.1, 0.15) is 58.9 Å². The second-order valence-electron chi connectivity index (χ2n) is 9.57. The first-order valence-electron chi connectivity index (χ1n) is 12.5. The van der Waals surface area contributed by atoms with Crippen LogP contribution in [0.4, 0.5) is 0 Å². The summed E-state index contributed by atoms with van der Waals surface area (Å²) in [6, 6.07) is 5.98. The molecule has 2 rings (SSSR count). The van der Waals surface area contributed by atoms with Crippen LogP contribution in [0, 0.1) is 11.8 Å². The highest BCUT2D eigenvalue weighted by Crippen LogP contribution is 2.22. The molecule has 1 aromatic rings. The largest absolute Gasteiger partial charge is 0.480 e. The van der Waals surface area contributed by atoms with Crippen molar-refractivity contribution >= 4 is 23.7 Å². The molecule has 35 heavy (non-hydrogen) atoms. The number of nitrogens with one attached hydrogen (secondary N) is 2. The molecule has 1 saturated heterocycles. The Labute approximate surface area is 207 Å². The summed E-state index contributed by atoms with van der Waals surface area (Å²) in [5.41, 5.74) is 7.06. The van der Waals surface area contributed by atoms with Crippen LogP contribution in [-0.4, -0.2) is 64.4 Å². The molecule has 9 nitrogen and oxygen atoms in total. The van der Waals surface area contributed by atoms with Gasteiger partial charge in [-0.2, -0.15) is 0 Å². The van der Waals surface area contributed by atoms with Gasteiger partial charge in [-0.25, -0.2) is 4.79 Å². The van der Waals surface area contributed by atoms with Gasteiger partial charge in [0.05, 0.1) is 6.04 Å². The topological polar surface area (TPSA) is 142 Å². The van der Waals surface area contributed by atoms with E-state index in [1.165, 1.54) is 4.90 Å². The minimum absolute atomic E-state index is 0.174. The Morgan fingerprint density at radius 2 is 1.63 bits per heavy atom. The highest BCUT2D eigenvalue weighted by molar-refractivity contribution is 5.94. The molecule has 1 aliphatic rings. The second kappa shape index (κ2) is 13.2. The van der Waals surface area contributed by atoms with Crippen molar-refractivity contribution in [2.75, 3.05) is 6.54 Å². The fourth-order valence-electron chi connectivity index (χ4n) is 4.32. The van der Waals surface area contributed by atoms with Crippen LogP contribution >= 0.6 is 0 Å². The van der Waals surface area contributed by atoms with Crippen LogP contribution in [0.2, 0.25) is 0 Å². The third kappa shape index (κ3) is 7.52. The molecule has 0 aromatic heterocycles. The Balaban J connectivity index is 2.13. The number of carboxylic acids is 1. The predicted molar refractivity (Wildman–Crippen MR) is 133 cm³/mol. The van der Waals surface area contributed by atoms with E-state index in [2.05, 4.69) is 10.6 Å². The normalized spacial score (nSPS) is 19.8. The predicted octanol–water partition coefficient (Wildman–Crippen LogP) is 1.69. The van der Waals surface area contributed by atoms with Crippen molar-refractivity contribution in [1.29, 1.82) is 0 Å². The number of nitrogens with zero attached hydrogens (tertiary/aromatic N) is 1. The van der Waals surface area contributed by atoms with Gasteiger partial charge >= 0.3 is 5.97 Å². The summed E-state index contributed by atoms with van der Waals surface area (Å²) >= 11 is 0. The van der Waals surface area contributed by atoms with E-state index in [1.54, 1.807) is 6.92 Å². The summed E-state index contributed by atoms with van der Waals surface area (Å²) < 4.78 is 0. The quantitative estimate of drug-likeness (QED) is 0.353. The number of aliphatic carboxylic acids is 1. The summed E-state index contributed by atoms with van der Waals surface area (Å²) in [5, 5.41) is 15.0. The first kappa shape index (κ1) is 28.3. The Bertz CT molecular complexity index is 878. The van der Waals surface area contributed by atoms with Crippen molar-refractivity contribution in [1.82, 2.24) is 15.5 Å². The van der Waals surface area contributed by atoms with Gasteiger partial charge in [-0.15, -0.1) is 0 Å². The number of carboxylic acid groups (broad SMARTS) is 1.